The molecule has 0 spiro atoms. The first-order chi connectivity index (χ1) is 9.26. The highest BCUT2D eigenvalue weighted by Gasteiger charge is 2.17. The summed E-state index contributed by atoms with van der Waals surface area (Å²) in [7, 11) is 1.53. The number of nitrogens with zero attached hydrogens (tertiary/aromatic N) is 2. The second-order valence-electron chi connectivity index (χ2n) is 3.44. The normalized spacial score (nSPS) is 10.0. The Labute approximate surface area is 114 Å². The molecule has 19 heavy (non-hydrogen) atoms. The second-order valence-corrected chi connectivity index (χ2v) is 4.29. The van der Waals surface area contributed by atoms with Gasteiger partial charge in [-0.15, -0.1) is 11.3 Å². The van der Waals surface area contributed by atoms with Crippen LogP contribution in [0.15, 0.2) is 23.8 Å². The molecule has 1 N–H and O–H groups in total. The Balaban J connectivity index is 2.24. The lowest BCUT2D eigenvalue weighted by atomic mass is 10.4. The van der Waals surface area contributed by atoms with Crippen LogP contribution >= 0.6 is 11.3 Å². The summed E-state index contributed by atoms with van der Waals surface area (Å²) < 4.78 is 10.1. The molecular weight excluding hydrogens is 266 g/mol. The summed E-state index contributed by atoms with van der Waals surface area (Å²) in [5.41, 5.74) is 2.51. The predicted molar refractivity (Wildman–Crippen MR) is 72.1 cm³/mol. The summed E-state index contributed by atoms with van der Waals surface area (Å²) in [6.07, 6.45) is 1.63. The molecule has 7 heteroatoms. The molecule has 0 aliphatic carbocycles. The van der Waals surface area contributed by atoms with Gasteiger partial charge < -0.3 is 14.8 Å². The average Bonchev–Trinajstić information content (AvgIpc) is 2.88. The van der Waals surface area contributed by atoms with E-state index in [-0.39, 0.29) is 5.69 Å². The number of hydrogen-bond donors (Lipinski definition) is 1. The molecule has 6 nitrogen and oxygen atoms in total. The molecule has 2 aromatic heterocycles. The van der Waals surface area contributed by atoms with Crippen molar-refractivity contribution in [2.45, 2.75) is 6.92 Å². The lowest BCUT2D eigenvalue weighted by molar-refractivity contribution is 0.0521. The maximum Gasteiger partial charge on any atom is 0.360 e. The molecule has 0 unspecified atom stereocenters. The number of rotatable bonds is 5. The highest BCUT2D eigenvalue weighted by atomic mass is 32.1. The lowest BCUT2D eigenvalue weighted by Crippen LogP contribution is -2.07. The average molecular weight is 279 g/mol. The fourth-order valence-electron chi connectivity index (χ4n) is 1.45. The summed E-state index contributed by atoms with van der Waals surface area (Å²) >= 11 is 1.31. The summed E-state index contributed by atoms with van der Waals surface area (Å²) in [5, 5.41) is 3.68. The molecule has 2 heterocycles. The number of thiazole rings is 1. The summed E-state index contributed by atoms with van der Waals surface area (Å²) in [6, 6.07) is 3.58. The molecule has 0 aliphatic rings. The zero-order valence-electron chi connectivity index (χ0n) is 10.5. The van der Waals surface area contributed by atoms with Gasteiger partial charge in [0.25, 0.3) is 0 Å². The van der Waals surface area contributed by atoms with Crippen LogP contribution in [-0.4, -0.2) is 29.7 Å². The molecule has 0 aromatic carbocycles. The molecule has 0 radical (unpaired) electrons. The number of carbonyl (C=O) groups excluding carboxylic acids is 1. The van der Waals surface area contributed by atoms with E-state index in [4.69, 9.17) is 9.47 Å². The van der Waals surface area contributed by atoms with Gasteiger partial charge in [-0.05, 0) is 19.1 Å². The van der Waals surface area contributed by atoms with Crippen molar-refractivity contribution < 1.29 is 14.3 Å². The van der Waals surface area contributed by atoms with Crippen LogP contribution < -0.4 is 10.1 Å². The smallest absolute Gasteiger partial charge is 0.360 e. The van der Waals surface area contributed by atoms with Crippen LogP contribution in [0, 0.1) is 0 Å². The zero-order valence-corrected chi connectivity index (χ0v) is 11.4. The van der Waals surface area contributed by atoms with Crippen molar-refractivity contribution >= 4 is 28.0 Å². The third-order valence-electron chi connectivity index (χ3n) is 2.25. The van der Waals surface area contributed by atoms with Crippen molar-refractivity contribution in [3.05, 3.63) is 29.5 Å². The van der Waals surface area contributed by atoms with Gasteiger partial charge in [0.1, 0.15) is 10.7 Å². The van der Waals surface area contributed by atoms with Crippen LogP contribution in [0.4, 0.5) is 10.7 Å². The molecule has 0 saturated heterocycles. The summed E-state index contributed by atoms with van der Waals surface area (Å²) in [4.78, 5) is 19.8. The Kier molecular flexibility index (Phi) is 4.30. The van der Waals surface area contributed by atoms with Crippen molar-refractivity contribution in [2.24, 2.45) is 0 Å². The van der Waals surface area contributed by atoms with Gasteiger partial charge in [-0.1, -0.05) is 0 Å². The molecule has 0 amide bonds. The number of carbonyl (C=O) groups is 1. The Morgan fingerprint density at radius 1 is 1.47 bits per heavy atom. The quantitative estimate of drug-likeness (QED) is 0.848. The summed E-state index contributed by atoms with van der Waals surface area (Å²) in [6.45, 7) is 2.06. The topological polar surface area (TPSA) is 73.3 Å². The number of ether oxygens (including phenoxy) is 2. The standard InChI is InChI=1S/C12H13N3O3S/c1-3-18-12(16)9-11(19-7-14-9)15-8-5-4-6-13-10(8)17-2/h4-7,15H,3H2,1-2H3. The van der Waals surface area contributed by atoms with Gasteiger partial charge in [0.2, 0.25) is 5.88 Å². The first-order valence-electron chi connectivity index (χ1n) is 5.63. The van der Waals surface area contributed by atoms with Crippen LogP contribution in [0.25, 0.3) is 0 Å². The maximum atomic E-state index is 11.7. The molecule has 0 fully saturated rings. The van der Waals surface area contributed by atoms with Crippen molar-refractivity contribution in [1.82, 2.24) is 9.97 Å². The van der Waals surface area contributed by atoms with Crippen LogP contribution in [0.2, 0.25) is 0 Å². The van der Waals surface area contributed by atoms with Gasteiger partial charge in [0.05, 0.1) is 19.2 Å². The number of nitrogens with one attached hydrogen (secondary N) is 1. The highest BCUT2D eigenvalue weighted by Crippen LogP contribution is 2.29. The molecule has 0 bridgehead atoms. The van der Waals surface area contributed by atoms with Crippen LogP contribution in [0.5, 0.6) is 5.88 Å². The largest absolute Gasteiger partial charge is 0.480 e. The fourth-order valence-corrected chi connectivity index (χ4v) is 2.13. The van der Waals surface area contributed by atoms with Gasteiger partial charge in [-0.3, -0.25) is 0 Å². The van der Waals surface area contributed by atoms with Crippen molar-refractivity contribution in [1.29, 1.82) is 0 Å². The van der Waals surface area contributed by atoms with E-state index in [0.29, 0.717) is 23.2 Å². The van der Waals surface area contributed by atoms with E-state index >= 15 is 0 Å². The van der Waals surface area contributed by atoms with Gasteiger partial charge in [0.15, 0.2) is 5.69 Å². The van der Waals surface area contributed by atoms with E-state index in [1.807, 2.05) is 0 Å². The molecule has 100 valence electrons. The van der Waals surface area contributed by atoms with Gasteiger partial charge in [-0.2, -0.15) is 0 Å². The fraction of sp³-hybridized carbons (Fsp3) is 0.250. The maximum absolute atomic E-state index is 11.7. The minimum absolute atomic E-state index is 0.262. The minimum atomic E-state index is -0.450. The van der Waals surface area contributed by atoms with E-state index in [1.165, 1.54) is 18.4 Å². The number of esters is 1. The van der Waals surface area contributed by atoms with E-state index in [0.717, 1.165) is 0 Å². The second kappa shape index (κ2) is 6.14. The zero-order chi connectivity index (χ0) is 13.7. The van der Waals surface area contributed by atoms with Crippen molar-refractivity contribution in [2.75, 3.05) is 19.0 Å². The van der Waals surface area contributed by atoms with Gasteiger partial charge >= 0.3 is 5.97 Å². The Morgan fingerprint density at radius 2 is 2.32 bits per heavy atom. The Bertz CT molecular complexity index is 571. The Hall–Kier alpha value is -2.15. The van der Waals surface area contributed by atoms with Gasteiger partial charge in [-0.25, -0.2) is 14.8 Å². The Morgan fingerprint density at radius 3 is 3.05 bits per heavy atom. The number of anilines is 2. The molecule has 0 aliphatic heterocycles. The highest BCUT2D eigenvalue weighted by molar-refractivity contribution is 7.14. The first-order valence-corrected chi connectivity index (χ1v) is 6.50. The SMILES string of the molecule is CCOC(=O)c1ncsc1Nc1cccnc1OC. The van der Waals surface area contributed by atoms with Crippen LogP contribution in [0.3, 0.4) is 0 Å². The molecule has 0 atom stereocenters. The third-order valence-corrected chi connectivity index (χ3v) is 2.99. The number of hydrogen-bond acceptors (Lipinski definition) is 7. The van der Waals surface area contributed by atoms with Gasteiger partial charge in [0, 0.05) is 6.20 Å². The van der Waals surface area contributed by atoms with E-state index in [2.05, 4.69) is 15.3 Å². The molecule has 2 aromatic rings. The minimum Gasteiger partial charge on any atom is -0.480 e. The number of pyridine rings is 1. The predicted octanol–water partition coefficient (Wildman–Crippen LogP) is 2.47. The third kappa shape index (κ3) is 3.00. The number of methoxy groups -OCH3 is 1. The monoisotopic (exact) mass is 279 g/mol. The van der Waals surface area contributed by atoms with Crippen molar-refractivity contribution in [3.63, 3.8) is 0 Å². The summed E-state index contributed by atoms with van der Waals surface area (Å²) in [5.74, 6) is -0.000170. The van der Waals surface area contributed by atoms with E-state index < -0.39 is 5.97 Å². The first kappa shape index (κ1) is 13.3. The van der Waals surface area contributed by atoms with E-state index in [9.17, 15) is 4.79 Å². The number of aromatic nitrogens is 2. The molecule has 2 rings (SSSR count). The molecular formula is C12H13N3O3S. The van der Waals surface area contributed by atoms with Crippen molar-refractivity contribution in [3.8, 4) is 5.88 Å². The lowest BCUT2D eigenvalue weighted by Gasteiger charge is -2.09. The van der Waals surface area contributed by atoms with Crippen LogP contribution in [-0.2, 0) is 4.74 Å². The van der Waals surface area contributed by atoms with E-state index in [1.54, 1.807) is 30.8 Å². The van der Waals surface area contributed by atoms with Crippen LogP contribution in [0.1, 0.15) is 17.4 Å². The molecule has 0 saturated carbocycles.